The van der Waals surface area contributed by atoms with Crippen LogP contribution in [0.3, 0.4) is 0 Å². The van der Waals surface area contributed by atoms with E-state index in [-0.39, 0.29) is 16.9 Å². The van der Waals surface area contributed by atoms with Gasteiger partial charge in [-0.3, -0.25) is 14.2 Å². The van der Waals surface area contributed by atoms with E-state index >= 15 is 0 Å². The molecule has 35 heavy (non-hydrogen) atoms. The zero-order valence-electron chi connectivity index (χ0n) is 19.6. The summed E-state index contributed by atoms with van der Waals surface area (Å²) in [5.74, 6) is 0.0488. The third-order valence-electron chi connectivity index (χ3n) is 5.87. The lowest BCUT2D eigenvalue weighted by Crippen LogP contribution is -2.35. The minimum absolute atomic E-state index is 0.0687. The molecule has 1 amide bonds. The minimum atomic E-state index is -0.705. The van der Waals surface area contributed by atoms with Crippen molar-refractivity contribution >= 4 is 32.7 Å². The number of benzene rings is 3. The molecule has 0 aliphatic carbocycles. The van der Waals surface area contributed by atoms with E-state index < -0.39 is 17.8 Å². The van der Waals surface area contributed by atoms with E-state index in [0.717, 1.165) is 0 Å². The molecule has 0 bridgehead atoms. The first kappa shape index (κ1) is 24.4. The van der Waals surface area contributed by atoms with Crippen molar-refractivity contribution in [1.29, 1.82) is 0 Å². The quantitative estimate of drug-likeness (QED) is 0.339. The molecule has 0 N–H and O–H groups in total. The van der Waals surface area contributed by atoms with Crippen molar-refractivity contribution in [2.75, 3.05) is 21.3 Å². The number of carbonyl (C=O) groups excluding carboxylic acids is 1. The van der Waals surface area contributed by atoms with Crippen molar-refractivity contribution in [3.05, 3.63) is 92.7 Å². The molecule has 7 nitrogen and oxygen atoms in total. The lowest BCUT2D eigenvalue weighted by molar-refractivity contribution is 0.0730. The molecule has 1 heterocycles. The highest BCUT2D eigenvalue weighted by Crippen LogP contribution is 2.37. The van der Waals surface area contributed by atoms with E-state index in [2.05, 4.69) is 15.9 Å². The second-order valence-corrected chi connectivity index (χ2v) is 8.66. The van der Waals surface area contributed by atoms with E-state index in [1.54, 1.807) is 56.4 Å². The molecule has 1 unspecified atom stereocenters. The summed E-state index contributed by atoms with van der Waals surface area (Å²) in [4.78, 5) is 33.1. The summed E-state index contributed by atoms with van der Waals surface area (Å²) < 4.78 is 27.2. The maximum absolute atomic E-state index is 14.4. The smallest absolute Gasteiger partial charge is 0.266 e. The predicted octanol–water partition coefficient (Wildman–Crippen LogP) is 5.14. The summed E-state index contributed by atoms with van der Waals surface area (Å²) in [5.41, 5.74) is 0.507. The second kappa shape index (κ2) is 9.87. The predicted molar refractivity (Wildman–Crippen MR) is 135 cm³/mol. The van der Waals surface area contributed by atoms with Gasteiger partial charge < -0.3 is 14.4 Å². The number of carbonyl (C=O) groups is 1. The van der Waals surface area contributed by atoms with Gasteiger partial charge in [-0.15, -0.1) is 0 Å². The van der Waals surface area contributed by atoms with Gasteiger partial charge in [-0.2, -0.15) is 0 Å². The number of methoxy groups -OCH3 is 2. The Morgan fingerprint density at radius 2 is 1.77 bits per heavy atom. The van der Waals surface area contributed by atoms with Gasteiger partial charge in [-0.05, 0) is 47.1 Å². The first-order valence-corrected chi connectivity index (χ1v) is 11.5. The van der Waals surface area contributed by atoms with Gasteiger partial charge in [-0.25, -0.2) is 9.37 Å². The molecule has 3 aromatic carbocycles. The van der Waals surface area contributed by atoms with Gasteiger partial charge in [0.25, 0.3) is 11.5 Å². The SMILES string of the molecule is COc1cc(OC)c(Br)c(-n2c(C(C)N(C)C(=O)c3ccccc3F)nc3ccccc3c2=O)c1. The molecule has 0 saturated carbocycles. The fraction of sp³-hybridized carbons (Fsp3) is 0.192. The van der Waals surface area contributed by atoms with Gasteiger partial charge in [0.05, 0.1) is 46.9 Å². The molecule has 0 fully saturated rings. The molecule has 1 aromatic heterocycles. The summed E-state index contributed by atoms with van der Waals surface area (Å²) in [6.07, 6.45) is 0. The summed E-state index contributed by atoms with van der Waals surface area (Å²) in [5, 5.41) is 0.403. The second-order valence-electron chi connectivity index (χ2n) is 7.86. The van der Waals surface area contributed by atoms with E-state index in [4.69, 9.17) is 14.5 Å². The highest BCUT2D eigenvalue weighted by Gasteiger charge is 2.27. The monoisotopic (exact) mass is 539 g/mol. The topological polar surface area (TPSA) is 73.7 Å². The van der Waals surface area contributed by atoms with Crippen LogP contribution in [0.5, 0.6) is 11.5 Å². The largest absolute Gasteiger partial charge is 0.497 e. The van der Waals surface area contributed by atoms with Gasteiger partial charge in [0, 0.05) is 19.2 Å². The van der Waals surface area contributed by atoms with Crippen LogP contribution in [0, 0.1) is 5.82 Å². The van der Waals surface area contributed by atoms with Gasteiger partial charge >= 0.3 is 0 Å². The average Bonchev–Trinajstić information content (AvgIpc) is 2.88. The molecule has 0 spiro atoms. The molecular weight excluding hydrogens is 517 g/mol. The van der Waals surface area contributed by atoms with Gasteiger partial charge in [0.15, 0.2) is 0 Å². The van der Waals surface area contributed by atoms with Crippen molar-refractivity contribution in [2.45, 2.75) is 13.0 Å². The Balaban J connectivity index is 1.97. The number of amides is 1. The molecule has 1 atom stereocenters. The molecule has 180 valence electrons. The zero-order valence-corrected chi connectivity index (χ0v) is 21.2. The number of nitrogens with zero attached hydrogens (tertiary/aromatic N) is 3. The van der Waals surface area contributed by atoms with Gasteiger partial charge in [0.1, 0.15) is 23.1 Å². The maximum Gasteiger partial charge on any atom is 0.266 e. The number of ether oxygens (including phenoxy) is 2. The van der Waals surface area contributed by atoms with Crippen LogP contribution in [-0.4, -0.2) is 41.6 Å². The van der Waals surface area contributed by atoms with Crippen LogP contribution in [0.25, 0.3) is 16.6 Å². The van der Waals surface area contributed by atoms with Crippen molar-refractivity contribution in [3.8, 4) is 17.2 Å². The molecule has 9 heteroatoms. The molecule has 4 aromatic rings. The lowest BCUT2D eigenvalue weighted by Gasteiger charge is -2.27. The Morgan fingerprint density at radius 1 is 1.09 bits per heavy atom. The Hall–Kier alpha value is -3.72. The van der Waals surface area contributed by atoms with E-state index in [0.29, 0.717) is 32.6 Å². The number of fused-ring (bicyclic) bond motifs is 1. The lowest BCUT2D eigenvalue weighted by atomic mass is 10.1. The van der Waals surface area contributed by atoms with Crippen LogP contribution in [0.4, 0.5) is 4.39 Å². The fourth-order valence-corrected chi connectivity index (χ4v) is 4.39. The molecule has 0 aliphatic heterocycles. The zero-order chi connectivity index (χ0) is 25.3. The molecule has 0 radical (unpaired) electrons. The summed E-state index contributed by atoms with van der Waals surface area (Å²) >= 11 is 3.54. The van der Waals surface area contributed by atoms with Gasteiger partial charge in [-0.1, -0.05) is 24.3 Å². The summed E-state index contributed by atoms with van der Waals surface area (Å²) in [6.45, 7) is 1.73. The van der Waals surface area contributed by atoms with Crippen molar-refractivity contribution in [2.24, 2.45) is 0 Å². The Labute approximate surface area is 209 Å². The molecule has 0 saturated heterocycles. The van der Waals surface area contributed by atoms with Crippen LogP contribution in [0.2, 0.25) is 0 Å². The van der Waals surface area contributed by atoms with Crippen LogP contribution in [-0.2, 0) is 0 Å². The first-order chi connectivity index (χ1) is 16.8. The number of halogens is 2. The number of hydrogen-bond acceptors (Lipinski definition) is 5. The Bertz CT molecular complexity index is 1490. The van der Waals surface area contributed by atoms with Crippen LogP contribution >= 0.6 is 15.9 Å². The maximum atomic E-state index is 14.4. The highest BCUT2D eigenvalue weighted by atomic mass is 79.9. The Morgan fingerprint density at radius 3 is 2.46 bits per heavy atom. The van der Waals surface area contributed by atoms with Gasteiger partial charge in [0.2, 0.25) is 0 Å². The summed E-state index contributed by atoms with van der Waals surface area (Å²) in [6, 6.07) is 15.4. The van der Waals surface area contributed by atoms with E-state index in [9.17, 15) is 14.0 Å². The number of para-hydroxylation sites is 1. The minimum Gasteiger partial charge on any atom is -0.497 e. The number of rotatable bonds is 6. The molecular formula is C26H23BrFN3O4. The van der Waals surface area contributed by atoms with Crippen molar-refractivity contribution in [1.82, 2.24) is 14.5 Å². The fourth-order valence-electron chi connectivity index (χ4n) is 3.82. The highest BCUT2D eigenvalue weighted by molar-refractivity contribution is 9.10. The Kier molecular flexibility index (Phi) is 6.88. The molecule has 4 rings (SSSR count). The number of hydrogen-bond donors (Lipinski definition) is 0. The van der Waals surface area contributed by atoms with E-state index in [1.165, 1.54) is 41.9 Å². The first-order valence-electron chi connectivity index (χ1n) is 10.7. The van der Waals surface area contributed by atoms with Crippen LogP contribution in [0.1, 0.15) is 29.1 Å². The molecule has 0 aliphatic rings. The van der Waals surface area contributed by atoms with Crippen molar-refractivity contribution < 1.29 is 18.7 Å². The normalized spacial score (nSPS) is 11.8. The van der Waals surface area contributed by atoms with Crippen LogP contribution < -0.4 is 15.0 Å². The van der Waals surface area contributed by atoms with Crippen molar-refractivity contribution in [3.63, 3.8) is 0 Å². The third kappa shape index (κ3) is 4.39. The standard InChI is InChI=1S/C26H23BrFN3O4/c1-15(30(2)25(32)17-9-5-7-11-19(17)28)24-29-20-12-8-6-10-18(20)26(33)31(24)21-13-16(34-3)14-22(35-4)23(21)27/h5-15H,1-4H3. The number of aromatic nitrogens is 2. The average molecular weight is 540 g/mol. The third-order valence-corrected chi connectivity index (χ3v) is 6.67. The summed E-state index contributed by atoms with van der Waals surface area (Å²) in [7, 11) is 4.57. The van der Waals surface area contributed by atoms with E-state index in [1.807, 2.05) is 0 Å². The van der Waals surface area contributed by atoms with Crippen LogP contribution in [0.15, 0.2) is 69.9 Å².